The van der Waals surface area contributed by atoms with Crippen LogP contribution in [0.5, 0.6) is 11.5 Å². The summed E-state index contributed by atoms with van der Waals surface area (Å²) < 4.78 is 32.3. The molecule has 1 aromatic rings. The molecule has 242 valence electrons. The molecule has 1 aliphatic rings. The molecule has 0 heterocycles. The van der Waals surface area contributed by atoms with E-state index in [1.165, 1.54) is 12.1 Å². The van der Waals surface area contributed by atoms with Crippen LogP contribution in [0.2, 0.25) is 0 Å². The number of carbonyl (C=O) groups is 4. The normalized spacial score (nSPS) is 17.0. The molecule has 1 aromatic carbocycles. The highest BCUT2D eigenvalue weighted by molar-refractivity contribution is 5.76. The molecule has 0 aromatic heterocycles. The summed E-state index contributed by atoms with van der Waals surface area (Å²) in [5.74, 6) is -1.21. The molecule has 0 radical (unpaired) electrons. The Bertz CT molecular complexity index is 1050. The predicted octanol–water partition coefficient (Wildman–Crippen LogP) is 6.41. The van der Waals surface area contributed by atoms with E-state index in [-0.39, 0.29) is 42.0 Å². The number of nitrogens with two attached hydrogens (primary N) is 1. The van der Waals surface area contributed by atoms with Gasteiger partial charge in [0.25, 0.3) is 0 Å². The van der Waals surface area contributed by atoms with Crippen molar-refractivity contribution in [3.63, 3.8) is 0 Å². The van der Waals surface area contributed by atoms with E-state index >= 15 is 0 Å². The summed E-state index contributed by atoms with van der Waals surface area (Å²) >= 11 is 0. The van der Waals surface area contributed by atoms with E-state index in [1.807, 2.05) is 13.8 Å². The van der Waals surface area contributed by atoms with Gasteiger partial charge in [-0.05, 0) is 77.5 Å². The highest BCUT2D eigenvalue weighted by atomic mass is 16.7. The molecular weight excluding hydrogens is 558 g/mol. The minimum absolute atomic E-state index is 0.0255. The quantitative estimate of drug-likeness (QED) is 0.134. The monoisotopic (exact) mass is 607 g/mol. The average Bonchev–Trinajstić information content (AvgIpc) is 2.94. The maximum Gasteiger partial charge on any atom is 0.514 e. The zero-order valence-corrected chi connectivity index (χ0v) is 26.4. The molecule has 0 aliphatic heterocycles. The fourth-order valence-electron chi connectivity index (χ4n) is 4.75. The molecule has 1 aliphatic carbocycles. The SMILES string of the molecule is CCCC(C)OC(=O)Oc1ccc(C[C@H](N)C(=O)O[C@@H](C)[C@H](C)OC(=O)C2CCCCC2)cc1OC(=O)OC(C)CCC. The summed E-state index contributed by atoms with van der Waals surface area (Å²) in [6.07, 6.45) is 3.76. The molecule has 2 N–H and O–H groups in total. The van der Waals surface area contributed by atoms with E-state index in [0.717, 1.165) is 44.9 Å². The van der Waals surface area contributed by atoms with Crippen molar-refractivity contribution in [1.82, 2.24) is 0 Å². The second-order valence-electron chi connectivity index (χ2n) is 11.3. The first-order chi connectivity index (χ1) is 20.4. The van der Waals surface area contributed by atoms with Crippen LogP contribution in [0, 0.1) is 5.92 Å². The van der Waals surface area contributed by atoms with Crippen LogP contribution >= 0.6 is 0 Å². The third-order valence-corrected chi connectivity index (χ3v) is 7.34. The van der Waals surface area contributed by atoms with Crippen LogP contribution < -0.4 is 15.2 Å². The average molecular weight is 608 g/mol. The number of benzene rings is 1. The number of esters is 2. The van der Waals surface area contributed by atoms with Crippen molar-refractivity contribution in [2.75, 3.05) is 0 Å². The van der Waals surface area contributed by atoms with Gasteiger partial charge < -0.3 is 34.2 Å². The number of hydrogen-bond donors (Lipinski definition) is 1. The first-order valence-electron chi connectivity index (χ1n) is 15.5. The largest absolute Gasteiger partial charge is 0.514 e. The van der Waals surface area contributed by atoms with E-state index in [4.69, 9.17) is 34.2 Å². The van der Waals surface area contributed by atoms with Crippen LogP contribution in [0.3, 0.4) is 0 Å². The highest BCUT2D eigenvalue weighted by Gasteiger charge is 2.29. The molecule has 11 heteroatoms. The molecule has 0 amide bonds. The van der Waals surface area contributed by atoms with Gasteiger partial charge in [-0.25, -0.2) is 9.59 Å². The van der Waals surface area contributed by atoms with Crippen molar-refractivity contribution in [3.05, 3.63) is 23.8 Å². The van der Waals surface area contributed by atoms with Crippen molar-refractivity contribution in [2.45, 2.75) is 136 Å². The molecule has 1 saturated carbocycles. The van der Waals surface area contributed by atoms with Crippen molar-refractivity contribution in [2.24, 2.45) is 11.7 Å². The van der Waals surface area contributed by atoms with Crippen LogP contribution in [0.25, 0.3) is 0 Å². The molecule has 0 bridgehead atoms. The lowest BCUT2D eigenvalue weighted by Gasteiger charge is -2.26. The Labute approximate surface area is 255 Å². The van der Waals surface area contributed by atoms with Gasteiger partial charge in [0.2, 0.25) is 0 Å². The standard InChI is InChI=1S/C32H49NO10/c1-7-12-20(3)38-31(36)42-27-17-16-24(19-28(27)43-32(37)39-21(4)13-8-2)18-26(33)30(35)41-23(6)22(5)40-29(34)25-14-10-9-11-15-25/h16-17,19-23,25-26H,7-15,18,33H2,1-6H3/t20?,21?,22-,23-,26-/m0/s1. The van der Waals surface area contributed by atoms with Crippen LogP contribution in [0.4, 0.5) is 9.59 Å². The van der Waals surface area contributed by atoms with E-state index in [9.17, 15) is 19.2 Å². The Morgan fingerprint density at radius 3 is 1.86 bits per heavy atom. The van der Waals surface area contributed by atoms with Gasteiger partial charge in [0.15, 0.2) is 11.5 Å². The molecule has 2 rings (SSSR count). The first-order valence-corrected chi connectivity index (χ1v) is 15.5. The third-order valence-electron chi connectivity index (χ3n) is 7.34. The maximum absolute atomic E-state index is 12.8. The van der Waals surface area contributed by atoms with Crippen molar-refractivity contribution < 1.29 is 47.6 Å². The minimum atomic E-state index is -1.07. The second kappa shape index (κ2) is 18.4. The zero-order chi connectivity index (χ0) is 31.9. The van der Waals surface area contributed by atoms with Gasteiger partial charge in [0.1, 0.15) is 30.5 Å². The minimum Gasteiger partial charge on any atom is -0.459 e. The summed E-state index contributed by atoms with van der Waals surface area (Å²) in [6, 6.07) is 3.38. The molecule has 5 atom stereocenters. The lowest BCUT2D eigenvalue weighted by Crippen LogP contribution is -2.40. The summed E-state index contributed by atoms with van der Waals surface area (Å²) in [6.45, 7) is 10.8. The lowest BCUT2D eigenvalue weighted by atomic mass is 9.89. The lowest BCUT2D eigenvalue weighted by molar-refractivity contribution is -0.169. The van der Waals surface area contributed by atoms with E-state index in [1.54, 1.807) is 33.8 Å². The summed E-state index contributed by atoms with van der Waals surface area (Å²) in [4.78, 5) is 50.1. The molecule has 0 spiro atoms. The van der Waals surface area contributed by atoms with Gasteiger partial charge in [0.05, 0.1) is 5.92 Å². The van der Waals surface area contributed by atoms with Gasteiger partial charge in [-0.2, -0.15) is 0 Å². The van der Waals surface area contributed by atoms with Gasteiger partial charge in [-0.3, -0.25) is 9.59 Å². The molecule has 0 saturated heterocycles. The van der Waals surface area contributed by atoms with Crippen LogP contribution in [0.1, 0.15) is 105 Å². The Hall–Kier alpha value is -3.34. The summed E-state index contributed by atoms with van der Waals surface area (Å²) in [5.41, 5.74) is 6.66. The topological polar surface area (TPSA) is 150 Å². The van der Waals surface area contributed by atoms with Crippen molar-refractivity contribution in [3.8, 4) is 11.5 Å². The number of carbonyl (C=O) groups excluding carboxylic acids is 4. The Kier molecular flexibility index (Phi) is 15.3. The van der Waals surface area contributed by atoms with Crippen LogP contribution in [-0.2, 0) is 35.0 Å². The molecule has 43 heavy (non-hydrogen) atoms. The van der Waals surface area contributed by atoms with Gasteiger partial charge in [-0.1, -0.05) is 52.0 Å². The number of rotatable bonds is 15. The van der Waals surface area contributed by atoms with E-state index in [0.29, 0.717) is 18.4 Å². The first kappa shape index (κ1) is 35.9. The van der Waals surface area contributed by atoms with Crippen molar-refractivity contribution in [1.29, 1.82) is 0 Å². The molecular formula is C32H49NO10. The molecule has 1 fully saturated rings. The second-order valence-corrected chi connectivity index (χ2v) is 11.3. The zero-order valence-electron chi connectivity index (χ0n) is 26.4. The number of ether oxygens (including phenoxy) is 6. The van der Waals surface area contributed by atoms with Crippen LogP contribution in [-0.4, -0.2) is 54.7 Å². The molecule has 11 nitrogen and oxygen atoms in total. The summed E-state index contributed by atoms with van der Waals surface area (Å²) in [5, 5.41) is 0. The van der Waals surface area contributed by atoms with E-state index in [2.05, 4.69) is 0 Å². The fraction of sp³-hybridized carbons (Fsp3) is 0.688. The Balaban J connectivity index is 2.06. The maximum atomic E-state index is 12.8. The Morgan fingerprint density at radius 2 is 1.30 bits per heavy atom. The summed E-state index contributed by atoms with van der Waals surface area (Å²) in [7, 11) is 0. The van der Waals surface area contributed by atoms with Crippen LogP contribution in [0.15, 0.2) is 18.2 Å². The molecule has 2 unspecified atom stereocenters. The highest BCUT2D eigenvalue weighted by Crippen LogP contribution is 2.30. The fourth-order valence-corrected chi connectivity index (χ4v) is 4.75. The van der Waals surface area contributed by atoms with Gasteiger partial charge >= 0.3 is 24.2 Å². The smallest absolute Gasteiger partial charge is 0.459 e. The third kappa shape index (κ3) is 12.8. The van der Waals surface area contributed by atoms with Gasteiger partial charge in [0, 0.05) is 0 Å². The van der Waals surface area contributed by atoms with Gasteiger partial charge in [-0.15, -0.1) is 0 Å². The van der Waals surface area contributed by atoms with E-state index < -0.39 is 36.5 Å². The Morgan fingerprint density at radius 1 is 0.767 bits per heavy atom. The van der Waals surface area contributed by atoms with Crippen molar-refractivity contribution >= 4 is 24.2 Å². The predicted molar refractivity (Wildman–Crippen MR) is 159 cm³/mol. The number of hydrogen-bond acceptors (Lipinski definition) is 11.